The molecular formula is C27H34N2O4S. The molecule has 0 aliphatic heterocycles. The maximum absolute atomic E-state index is 13.3. The van der Waals surface area contributed by atoms with Crippen LogP contribution in [0, 0.1) is 5.92 Å². The van der Waals surface area contributed by atoms with Gasteiger partial charge in [-0.1, -0.05) is 87.7 Å². The molecule has 182 valence electrons. The topological polar surface area (TPSA) is 95.5 Å². The van der Waals surface area contributed by atoms with Crippen molar-refractivity contribution < 1.29 is 19.5 Å². The van der Waals surface area contributed by atoms with Crippen LogP contribution in [-0.2, 0) is 20.8 Å². The molecule has 34 heavy (non-hydrogen) atoms. The van der Waals surface area contributed by atoms with Gasteiger partial charge in [0, 0.05) is 6.42 Å². The van der Waals surface area contributed by atoms with Crippen LogP contribution in [0.15, 0.2) is 54.6 Å². The highest BCUT2D eigenvalue weighted by Gasteiger charge is 2.44. The van der Waals surface area contributed by atoms with Crippen LogP contribution in [0.3, 0.4) is 0 Å². The molecule has 7 heteroatoms. The molecule has 3 N–H and O–H groups in total. The van der Waals surface area contributed by atoms with Gasteiger partial charge in [0.05, 0.1) is 5.25 Å². The number of carboxylic acids is 1. The number of rotatable bonds is 10. The maximum atomic E-state index is 13.3. The van der Waals surface area contributed by atoms with Gasteiger partial charge in [-0.3, -0.25) is 9.59 Å². The molecule has 1 aliphatic carbocycles. The van der Waals surface area contributed by atoms with Gasteiger partial charge >= 0.3 is 5.97 Å². The zero-order valence-corrected chi connectivity index (χ0v) is 20.7. The van der Waals surface area contributed by atoms with E-state index in [9.17, 15) is 19.5 Å². The molecule has 0 aromatic heterocycles. The van der Waals surface area contributed by atoms with Gasteiger partial charge in [0.2, 0.25) is 11.8 Å². The highest BCUT2D eigenvalue weighted by Crippen LogP contribution is 2.31. The second kappa shape index (κ2) is 11.6. The van der Waals surface area contributed by atoms with E-state index < -0.39 is 28.7 Å². The van der Waals surface area contributed by atoms with E-state index in [0.717, 1.165) is 36.0 Å². The van der Waals surface area contributed by atoms with Crippen LogP contribution in [0.25, 0.3) is 11.1 Å². The van der Waals surface area contributed by atoms with Gasteiger partial charge in [0.1, 0.15) is 11.6 Å². The Morgan fingerprint density at radius 2 is 1.59 bits per heavy atom. The molecule has 1 saturated carbocycles. The van der Waals surface area contributed by atoms with Crippen LogP contribution in [0.5, 0.6) is 0 Å². The van der Waals surface area contributed by atoms with Crippen LogP contribution in [0.1, 0.15) is 51.5 Å². The van der Waals surface area contributed by atoms with Crippen molar-refractivity contribution in [2.75, 3.05) is 0 Å². The number of hydrogen-bond acceptors (Lipinski definition) is 4. The molecule has 0 saturated heterocycles. The largest absolute Gasteiger partial charge is 0.480 e. The Morgan fingerprint density at radius 3 is 2.15 bits per heavy atom. The fourth-order valence-electron chi connectivity index (χ4n) is 4.37. The normalized spacial score (nSPS) is 17.4. The molecule has 1 aliphatic rings. The SMILES string of the molecule is CC[C@@H](C)[C@@H](S)C(=O)NC1(C(=O)N[C@@H](Cc2ccc(-c3ccccc3)cc2)C(=O)O)CCCC1. The van der Waals surface area contributed by atoms with Gasteiger partial charge in [-0.15, -0.1) is 0 Å². The van der Waals surface area contributed by atoms with E-state index in [0.29, 0.717) is 12.8 Å². The van der Waals surface area contributed by atoms with Gasteiger partial charge < -0.3 is 15.7 Å². The summed E-state index contributed by atoms with van der Waals surface area (Å²) in [5.74, 6) is -1.75. The van der Waals surface area contributed by atoms with E-state index in [2.05, 4.69) is 23.3 Å². The van der Waals surface area contributed by atoms with Crippen LogP contribution in [0.4, 0.5) is 0 Å². The Kier molecular flexibility index (Phi) is 8.78. The average Bonchev–Trinajstić information content (AvgIpc) is 3.33. The number of hydrogen-bond donors (Lipinski definition) is 4. The van der Waals surface area contributed by atoms with Crippen molar-refractivity contribution in [1.82, 2.24) is 10.6 Å². The van der Waals surface area contributed by atoms with E-state index in [4.69, 9.17) is 0 Å². The lowest BCUT2D eigenvalue weighted by molar-refractivity contribution is -0.143. The third-order valence-corrected chi connectivity index (χ3v) is 7.55. The first-order valence-electron chi connectivity index (χ1n) is 11.9. The molecule has 0 unspecified atom stereocenters. The summed E-state index contributed by atoms with van der Waals surface area (Å²) >= 11 is 4.44. The molecule has 1 fully saturated rings. The number of benzene rings is 2. The Labute approximate surface area is 206 Å². The van der Waals surface area contributed by atoms with Crippen molar-refractivity contribution >= 4 is 30.4 Å². The molecule has 2 aromatic carbocycles. The van der Waals surface area contributed by atoms with Gasteiger partial charge in [0.15, 0.2) is 0 Å². The van der Waals surface area contributed by atoms with E-state index in [1.807, 2.05) is 68.4 Å². The number of carbonyl (C=O) groups is 3. The Balaban J connectivity index is 1.70. The van der Waals surface area contributed by atoms with Gasteiger partial charge in [0.25, 0.3) is 0 Å². The van der Waals surface area contributed by atoms with Gasteiger partial charge in [-0.2, -0.15) is 12.6 Å². The maximum Gasteiger partial charge on any atom is 0.326 e. The molecule has 0 bridgehead atoms. The number of carboxylic acid groups (broad SMARTS) is 1. The van der Waals surface area contributed by atoms with Crippen molar-refractivity contribution in [3.63, 3.8) is 0 Å². The number of aliphatic carboxylic acids is 1. The quantitative estimate of drug-likeness (QED) is 0.381. The number of carbonyl (C=O) groups excluding carboxylic acids is 2. The molecular weight excluding hydrogens is 448 g/mol. The number of amides is 2. The monoisotopic (exact) mass is 482 g/mol. The molecule has 0 spiro atoms. The smallest absolute Gasteiger partial charge is 0.326 e. The van der Waals surface area contributed by atoms with Crippen LogP contribution >= 0.6 is 12.6 Å². The van der Waals surface area contributed by atoms with Crippen molar-refractivity contribution in [3.05, 3.63) is 60.2 Å². The minimum Gasteiger partial charge on any atom is -0.480 e. The summed E-state index contributed by atoms with van der Waals surface area (Å²) in [7, 11) is 0. The molecule has 6 nitrogen and oxygen atoms in total. The lowest BCUT2D eigenvalue weighted by atomic mass is 9.93. The van der Waals surface area contributed by atoms with E-state index in [1.165, 1.54) is 0 Å². The van der Waals surface area contributed by atoms with Crippen LogP contribution in [0.2, 0.25) is 0 Å². The first-order valence-corrected chi connectivity index (χ1v) is 12.5. The molecule has 0 radical (unpaired) electrons. The van der Waals surface area contributed by atoms with Crippen molar-refractivity contribution in [2.24, 2.45) is 5.92 Å². The van der Waals surface area contributed by atoms with E-state index >= 15 is 0 Å². The van der Waals surface area contributed by atoms with E-state index in [-0.39, 0.29) is 18.2 Å². The van der Waals surface area contributed by atoms with Gasteiger partial charge in [-0.25, -0.2) is 4.79 Å². The third kappa shape index (κ3) is 6.20. The second-order valence-corrected chi connectivity index (χ2v) is 9.80. The minimum absolute atomic E-state index is 0.0653. The summed E-state index contributed by atoms with van der Waals surface area (Å²) in [6.45, 7) is 3.94. The minimum atomic E-state index is -1.10. The number of nitrogens with one attached hydrogen (secondary N) is 2. The lowest BCUT2D eigenvalue weighted by Gasteiger charge is -2.32. The molecule has 2 aromatic rings. The Bertz CT molecular complexity index is 987. The Morgan fingerprint density at radius 1 is 1.00 bits per heavy atom. The van der Waals surface area contributed by atoms with Crippen LogP contribution < -0.4 is 10.6 Å². The molecule has 2 amide bonds. The van der Waals surface area contributed by atoms with Gasteiger partial charge in [-0.05, 0) is 35.4 Å². The summed E-state index contributed by atoms with van der Waals surface area (Å²) in [6.07, 6.45) is 3.53. The zero-order valence-electron chi connectivity index (χ0n) is 19.8. The summed E-state index contributed by atoms with van der Waals surface area (Å²) in [4.78, 5) is 38.1. The second-order valence-electron chi connectivity index (χ2n) is 9.24. The molecule has 3 atom stereocenters. The molecule has 3 rings (SSSR count). The average molecular weight is 483 g/mol. The first kappa shape index (κ1) is 25.8. The summed E-state index contributed by atoms with van der Waals surface area (Å²) < 4.78 is 0. The first-order chi connectivity index (χ1) is 16.3. The standard InChI is InChI=1S/C27H34N2O4S/c1-3-18(2)23(34)24(30)29-27(15-7-8-16-27)26(33)28-22(25(31)32)17-19-11-13-21(14-12-19)20-9-5-4-6-10-20/h4-6,9-14,18,22-23,34H,3,7-8,15-17H2,1-2H3,(H,28,33)(H,29,30)(H,31,32)/t18-,22+,23-/m1/s1. The Hall–Kier alpha value is -2.80. The third-order valence-electron chi connectivity index (χ3n) is 6.81. The summed E-state index contributed by atoms with van der Waals surface area (Å²) in [6, 6.07) is 16.5. The highest BCUT2D eigenvalue weighted by molar-refractivity contribution is 7.81. The fraction of sp³-hybridized carbons (Fsp3) is 0.444. The summed E-state index contributed by atoms with van der Waals surface area (Å²) in [5.41, 5.74) is 1.84. The van der Waals surface area contributed by atoms with Crippen LogP contribution in [-0.4, -0.2) is 39.7 Å². The van der Waals surface area contributed by atoms with Crippen molar-refractivity contribution in [3.8, 4) is 11.1 Å². The van der Waals surface area contributed by atoms with Crippen molar-refractivity contribution in [2.45, 2.75) is 69.2 Å². The predicted octanol–water partition coefficient (Wildman–Crippen LogP) is 4.24. The number of thiol groups is 1. The fourth-order valence-corrected chi connectivity index (χ4v) is 4.65. The summed E-state index contributed by atoms with van der Waals surface area (Å²) in [5, 5.41) is 14.9. The van der Waals surface area contributed by atoms with Crippen molar-refractivity contribution in [1.29, 1.82) is 0 Å². The van der Waals surface area contributed by atoms with E-state index in [1.54, 1.807) is 0 Å². The predicted molar refractivity (Wildman–Crippen MR) is 137 cm³/mol. The zero-order chi connectivity index (χ0) is 24.7. The highest BCUT2D eigenvalue weighted by atomic mass is 32.1. The lowest BCUT2D eigenvalue weighted by Crippen LogP contribution is -2.61. The molecule has 0 heterocycles.